The van der Waals surface area contributed by atoms with Gasteiger partial charge in [-0.25, -0.2) is 12.7 Å². The molecule has 0 amide bonds. The third-order valence-corrected chi connectivity index (χ3v) is 5.94. The summed E-state index contributed by atoms with van der Waals surface area (Å²) in [6.07, 6.45) is 0. The van der Waals surface area contributed by atoms with E-state index < -0.39 is 10.0 Å². The van der Waals surface area contributed by atoms with Crippen LogP contribution in [0.15, 0.2) is 24.3 Å². The fraction of sp³-hybridized carbons (Fsp3) is 0.500. The largest absolute Gasteiger partial charge is 0.316 e. The van der Waals surface area contributed by atoms with Crippen molar-refractivity contribution < 1.29 is 8.42 Å². The van der Waals surface area contributed by atoms with E-state index in [1.54, 1.807) is 28.6 Å². The van der Waals surface area contributed by atoms with Gasteiger partial charge in [0, 0.05) is 13.1 Å². The van der Waals surface area contributed by atoms with Crippen LogP contribution in [-0.2, 0) is 15.8 Å². The Bertz CT molecular complexity index is 639. The number of nitrogens with zero attached hydrogens (tertiary/aromatic N) is 2. The Balaban J connectivity index is 1.74. The van der Waals surface area contributed by atoms with Crippen LogP contribution in [-0.4, -0.2) is 38.9 Å². The van der Waals surface area contributed by atoms with Crippen LogP contribution < -0.4 is 5.32 Å². The van der Waals surface area contributed by atoms with E-state index >= 15 is 0 Å². The van der Waals surface area contributed by atoms with Crippen molar-refractivity contribution in [2.45, 2.75) is 5.75 Å². The monoisotopic (exact) mass is 291 g/mol. The van der Waals surface area contributed by atoms with Gasteiger partial charge in [-0.05, 0) is 42.6 Å². The average Bonchev–Trinajstić information content (AvgIpc) is 2.99. The van der Waals surface area contributed by atoms with Crippen molar-refractivity contribution in [2.75, 3.05) is 26.2 Å². The van der Waals surface area contributed by atoms with Crippen molar-refractivity contribution in [3.05, 3.63) is 35.4 Å². The van der Waals surface area contributed by atoms with Gasteiger partial charge in [-0.15, -0.1) is 0 Å². The number of fused-ring (bicyclic) bond motifs is 1. The van der Waals surface area contributed by atoms with Crippen LogP contribution in [0.4, 0.5) is 0 Å². The number of hydrogen-bond donors (Lipinski definition) is 1. The molecule has 3 rings (SSSR count). The summed E-state index contributed by atoms with van der Waals surface area (Å²) in [6.45, 7) is 3.08. The van der Waals surface area contributed by atoms with Gasteiger partial charge in [-0.1, -0.05) is 12.1 Å². The van der Waals surface area contributed by atoms with Gasteiger partial charge in [-0.3, -0.25) is 0 Å². The minimum atomic E-state index is -3.28. The molecule has 2 saturated heterocycles. The predicted molar refractivity (Wildman–Crippen MR) is 75.2 cm³/mol. The first-order valence-electron chi connectivity index (χ1n) is 6.76. The Hall–Kier alpha value is -1.42. The summed E-state index contributed by atoms with van der Waals surface area (Å²) in [6, 6.07) is 8.86. The second-order valence-electron chi connectivity index (χ2n) is 5.56. The molecule has 0 spiro atoms. The third kappa shape index (κ3) is 2.57. The molecule has 2 aliphatic heterocycles. The molecule has 1 N–H and O–H groups in total. The summed E-state index contributed by atoms with van der Waals surface area (Å²) in [5, 5.41) is 12.2. The quantitative estimate of drug-likeness (QED) is 0.882. The van der Waals surface area contributed by atoms with Crippen molar-refractivity contribution in [1.29, 1.82) is 5.26 Å². The Labute approximate surface area is 119 Å². The maximum atomic E-state index is 12.5. The van der Waals surface area contributed by atoms with Gasteiger partial charge >= 0.3 is 0 Å². The van der Waals surface area contributed by atoms with Crippen molar-refractivity contribution in [3.63, 3.8) is 0 Å². The van der Waals surface area contributed by atoms with E-state index in [9.17, 15) is 8.42 Å². The predicted octanol–water partition coefficient (Wildman–Crippen LogP) is 0.539. The lowest BCUT2D eigenvalue weighted by atomic mass is 10.0. The molecule has 0 radical (unpaired) electrons. The molecule has 2 heterocycles. The molecule has 2 unspecified atom stereocenters. The first kappa shape index (κ1) is 13.6. The zero-order chi connectivity index (χ0) is 14.2. The molecule has 0 aliphatic carbocycles. The van der Waals surface area contributed by atoms with E-state index in [2.05, 4.69) is 5.32 Å². The van der Waals surface area contributed by atoms with Crippen LogP contribution in [0.3, 0.4) is 0 Å². The lowest BCUT2D eigenvalue weighted by Gasteiger charge is -2.17. The highest BCUT2D eigenvalue weighted by molar-refractivity contribution is 7.88. The molecule has 1 aromatic carbocycles. The lowest BCUT2D eigenvalue weighted by Crippen LogP contribution is -2.32. The zero-order valence-corrected chi connectivity index (χ0v) is 11.9. The highest BCUT2D eigenvalue weighted by Gasteiger charge is 2.40. The first-order chi connectivity index (χ1) is 9.58. The molecule has 5 nitrogen and oxygen atoms in total. The van der Waals surface area contributed by atoms with E-state index in [4.69, 9.17) is 5.26 Å². The van der Waals surface area contributed by atoms with Gasteiger partial charge in [-0.2, -0.15) is 5.26 Å². The van der Waals surface area contributed by atoms with Gasteiger partial charge in [0.2, 0.25) is 10.0 Å². The first-order valence-corrected chi connectivity index (χ1v) is 8.37. The zero-order valence-electron chi connectivity index (χ0n) is 11.1. The van der Waals surface area contributed by atoms with Gasteiger partial charge in [0.25, 0.3) is 0 Å². The highest BCUT2D eigenvalue weighted by atomic mass is 32.2. The molecule has 20 heavy (non-hydrogen) atoms. The van der Waals surface area contributed by atoms with Gasteiger partial charge in [0.1, 0.15) is 0 Å². The molecular weight excluding hydrogens is 274 g/mol. The van der Waals surface area contributed by atoms with Gasteiger partial charge in [0.05, 0.1) is 17.4 Å². The van der Waals surface area contributed by atoms with E-state index in [1.807, 2.05) is 6.07 Å². The minimum absolute atomic E-state index is 0.0185. The Morgan fingerprint density at radius 3 is 2.65 bits per heavy atom. The molecule has 0 saturated carbocycles. The number of sulfonamides is 1. The smallest absolute Gasteiger partial charge is 0.218 e. The Morgan fingerprint density at radius 2 is 2.00 bits per heavy atom. The second-order valence-corrected chi connectivity index (χ2v) is 7.53. The average molecular weight is 291 g/mol. The van der Waals surface area contributed by atoms with Crippen molar-refractivity contribution >= 4 is 10.0 Å². The van der Waals surface area contributed by atoms with Crippen LogP contribution in [0.2, 0.25) is 0 Å². The molecule has 6 heteroatoms. The van der Waals surface area contributed by atoms with E-state index in [0.29, 0.717) is 36.1 Å². The molecule has 2 aliphatic rings. The summed E-state index contributed by atoms with van der Waals surface area (Å²) >= 11 is 0. The topological polar surface area (TPSA) is 73.2 Å². The summed E-state index contributed by atoms with van der Waals surface area (Å²) in [5.74, 6) is 0.889. The fourth-order valence-electron chi connectivity index (χ4n) is 3.07. The molecular formula is C14H17N3O2S. The fourth-order valence-corrected chi connectivity index (χ4v) is 4.69. The van der Waals surface area contributed by atoms with Crippen molar-refractivity contribution in [2.24, 2.45) is 11.8 Å². The van der Waals surface area contributed by atoms with Crippen LogP contribution >= 0.6 is 0 Å². The standard InChI is InChI=1S/C14H17N3O2S/c15-5-11-2-1-3-12(4-11)10-20(18,19)17-8-13-6-16-7-14(13)9-17/h1-4,13-14,16H,6-10H2. The molecule has 106 valence electrons. The van der Waals surface area contributed by atoms with E-state index in [-0.39, 0.29) is 5.75 Å². The Morgan fingerprint density at radius 1 is 1.30 bits per heavy atom. The number of rotatable bonds is 3. The maximum Gasteiger partial charge on any atom is 0.218 e. The van der Waals surface area contributed by atoms with E-state index in [1.165, 1.54) is 0 Å². The lowest BCUT2D eigenvalue weighted by molar-refractivity contribution is 0.447. The minimum Gasteiger partial charge on any atom is -0.316 e. The molecule has 2 atom stereocenters. The van der Waals surface area contributed by atoms with Crippen molar-refractivity contribution in [3.8, 4) is 6.07 Å². The highest BCUT2D eigenvalue weighted by Crippen LogP contribution is 2.29. The number of nitrogens with one attached hydrogen (secondary N) is 1. The summed E-state index contributed by atoms with van der Waals surface area (Å²) in [5.41, 5.74) is 1.18. The van der Waals surface area contributed by atoms with Crippen LogP contribution in [0.5, 0.6) is 0 Å². The normalized spacial score (nSPS) is 26.4. The molecule has 0 bridgehead atoms. The van der Waals surface area contributed by atoms with Gasteiger partial charge in [0.15, 0.2) is 0 Å². The van der Waals surface area contributed by atoms with Crippen LogP contribution in [0.1, 0.15) is 11.1 Å². The second kappa shape index (κ2) is 5.17. The molecule has 1 aromatic rings. The summed E-state index contributed by atoms with van der Waals surface area (Å²) in [7, 11) is -3.28. The number of hydrogen-bond acceptors (Lipinski definition) is 4. The van der Waals surface area contributed by atoms with Crippen molar-refractivity contribution in [1.82, 2.24) is 9.62 Å². The molecule has 2 fully saturated rings. The Kier molecular flexibility index (Phi) is 3.50. The number of benzene rings is 1. The maximum absolute atomic E-state index is 12.5. The third-order valence-electron chi connectivity index (χ3n) is 4.15. The molecule has 0 aromatic heterocycles. The SMILES string of the molecule is N#Cc1cccc(CS(=O)(=O)N2CC3CNCC3C2)c1. The summed E-state index contributed by atoms with van der Waals surface area (Å²) in [4.78, 5) is 0. The van der Waals surface area contributed by atoms with Crippen LogP contribution in [0, 0.1) is 23.2 Å². The van der Waals surface area contributed by atoms with Crippen LogP contribution in [0.25, 0.3) is 0 Å². The number of nitriles is 1. The summed E-state index contributed by atoms with van der Waals surface area (Å²) < 4.78 is 26.5. The van der Waals surface area contributed by atoms with Gasteiger partial charge < -0.3 is 5.32 Å². The van der Waals surface area contributed by atoms with E-state index in [0.717, 1.165) is 13.1 Å².